The van der Waals surface area contributed by atoms with Gasteiger partial charge in [-0.25, -0.2) is 0 Å². The minimum absolute atomic E-state index is 0.673. The molecule has 0 amide bonds. The summed E-state index contributed by atoms with van der Waals surface area (Å²) in [6.07, 6.45) is 0. The topological polar surface area (TPSA) is 34.2 Å². The number of benzene rings is 1. The maximum absolute atomic E-state index is 6.18. The molecule has 0 aromatic heterocycles. The second-order valence-corrected chi connectivity index (χ2v) is 5.85. The first kappa shape index (κ1) is 17.3. The number of nitrogens with zero attached hydrogens (tertiary/aromatic N) is 2. The van der Waals surface area contributed by atoms with Gasteiger partial charge in [-0.05, 0) is 6.07 Å². The molecule has 0 spiro atoms. The quantitative estimate of drug-likeness (QED) is 0.766. The number of hydrogen-bond acceptors (Lipinski definition) is 5. The van der Waals surface area contributed by atoms with Crippen LogP contribution in [0.5, 0.6) is 11.5 Å². The van der Waals surface area contributed by atoms with Crippen molar-refractivity contribution in [2.75, 3.05) is 60.7 Å². The van der Waals surface area contributed by atoms with E-state index in [4.69, 9.17) is 25.8 Å². The van der Waals surface area contributed by atoms with Gasteiger partial charge in [-0.3, -0.25) is 9.80 Å². The van der Waals surface area contributed by atoms with E-state index in [1.807, 2.05) is 6.07 Å². The molecule has 6 heteroatoms. The summed E-state index contributed by atoms with van der Waals surface area (Å²) in [5.41, 5.74) is 1.07. The van der Waals surface area contributed by atoms with Crippen LogP contribution < -0.4 is 9.47 Å². The van der Waals surface area contributed by atoms with E-state index < -0.39 is 0 Å². The molecule has 0 radical (unpaired) electrons. The molecule has 0 N–H and O–H groups in total. The molecule has 1 aromatic carbocycles. The fourth-order valence-electron chi connectivity index (χ4n) is 2.76. The molecule has 1 aliphatic rings. The van der Waals surface area contributed by atoms with Crippen molar-refractivity contribution in [3.8, 4) is 11.5 Å². The molecule has 5 nitrogen and oxygen atoms in total. The molecular weight excluding hydrogens is 304 g/mol. The molecule has 1 fully saturated rings. The lowest BCUT2D eigenvalue weighted by Crippen LogP contribution is -2.46. The summed E-state index contributed by atoms with van der Waals surface area (Å²) >= 11 is 6.18. The molecule has 0 bridgehead atoms. The van der Waals surface area contributed by atoms with Gasteiger partial charge in [-0.1, -0.05) is 11.6 Å². The van der Waals surface area contributed by atoms with E-state index in [1.54, 1.807) is 27.4 Å². The van der Waals surface area contributed by atoms with Crippen LogP contribution in [0, 0.1) is 0 Å². The van der Waals surface area contributed by atoms with Crippen LogP contribution in [0.3, 0.4) is 0 Å². The van der Waals surface area contributed by atoms with Crippen molar-refractivity contribution < 1.29 is 14.2 Å². The van der Waals surface area contributed by atoms with E-state index in [0.717, 1.165) is 57.2 Å². The van der Waals surface area contributed by atoms with E-state index in [0.29, 0.717) is 10.8 Å². The van der Waals surface area contributed by atoms with E-state index in [1.165, 1.54) is 0 Å². The van der Waals surface area contributed by atoms with Crippen LogP contribution in [0.1, 0.15) is 5.56 Å². The second kappa shape index (κ2) is 8.58. The molecule has 1 aromatic rings. The monoisotopic (exact) mass is 328 g/mol. The van der Waals surface area contributed by atoms with E-state index in [2.05, 4.69) is 9.80 Å². The summed E-state index contributed by atoms with van der Waals surface area (Å²) in [5, 5.41) is 0.673. The lowest BCUT2D eigenvalue weighted by molar-refractivity contribution is 0.0933. The normalized spacial score (nSPS) is 16.7. The van der Waals surface area contributed by atoms with Gasteiger partial charge in [-0.2, -0.15) is 0 Å². The highest BCUT2D eigenvalue weighted by Gasteiger charge is 2.19. The molecule has 124 valence electrons. The summed E-state index contributed by atoms with van der Waals surface area (Å²) < 4.78 is 16.0. The molecule has 0 saturated carbocycles. The Bertz CT molecular complexity index is 477. The highest BCUT2D eigenvalue weighted by atomic mass is 35.5. The third-order valence-electron chi connectivity index (χ3n) is 3.99. The molecule has 0 aliphatic carbocycles. The fourth-order valence-corrected chi connectivity index (χ4v) is 2.99. The highest BCUT2D eigenvalue weighted by molar-refractivity contribution is 6.30. The fraction of sp³-hybridized carbons (Fsp3) is 0.625. The molecule has 2 rings (SSSR count). The smallest absolute Gasteiger partial charge is 0.165 e. The Balaban J connectivity index is 1.98. The van der Waals surface area contributed by atoms with Crippen molar-refractivity contribution in [3.05, 3.63) is 22.7 Å². The first-order chi connectivity index (χ1) is 10.7. The SMILES string of the molecule is COCCN1CCN(Cc2cc(Cl)cc(OC)c2OC)CC1. The number of piperazine rings is 1. The number of hydrogen-bond donors (Lipinski definition) is 0. The zero-order chi connectivity index (χ0) is 15.9. The van der Waals surface area contributed by atoms with E-state index >= 15 is 0 Å². The van der Waals surface area contributed by atoms with Crippen LogP contribution in [0.4, 0.5) is 0 Å². The minimum atomic E-state index is 0.673. The highest BCUT2D eigenvalue weighted by Crippen LogP contribution is 2.35. The van der Waals surface area contributed by atoms with Gasteiger partial charge in [0.15, 0.2) is 11.5 Å². The molecule has 0 unspecified atom stereocenters. The Hall–Kier alpha value is -1.01. The largest absolute Gasteiger partial charge is 0.493 e. The zero-order valence-electron chi connectivity index (χ0n) is 13.6. The molecule has 1 aliphatic heterocycles. The Labute approximate surface area is 137 Å². The van der Waals surface area contributed by atoms with Crippen LogP contribution in [0.2, 0.25) is 5.02 Å². The van der Waals surface area contributed by atoms with Crippen molar-refractivity contribution in [3.63, 3.8) is 0 Å². The molecule has 1 heterocycles. The van der Waals surface area contributed by atoms with Gasteiger partial charge in [0.05, 0.1) is 20.8 Å². The van der Waals surface area contributed by atoms with Crippen LogP contribution >= 0.6 is 11.6 Å². The van der Waals surface area contributed by atoms with Crippen molar-refractivity contribution in [2.45, 2.75) is 6.54 Å². The van der Waals surface area contributed by atoms with Gasteiger partial charge in [0.25, 0.3) is 0 Å². The zero-order valence-corrected chi connectivity index (χ0v) is 14.4. The Morgan fingerprint density at radius 3 is 2.27 bits per heavy atom. The first-order valence-corrected chi connectivity index (χ1v) is 7.89. The van der Waals surface area contributed by atoms with Gasteiger partial charge in [0.2, 0.25) is 0 Å². The summed E-state index contributed by atoms with van der Waals surface area (Å²) in [6, 6.07) is 3.74. The third kappa shape index (κ3) is 4.49. The average molecular weight is 329 g/mol. The van der Waals surface area contributed by atoms with Gasteiger partial charge in [0.1, 0.15) is 0 Å². The third-order valence-corrected chi connectivity index (χ3v) is 4.21. The van der Waals surface area contributed by atoms with Gasteiger partial charge >= 0.3 is 0 Å². The molecule has 22 heavy (non-hydrogen) atoms. The van der Waals surface area contributed by atoms with Crippen molar-refractivity contribution in [1.29, 1.82) is 0 Å². The maximum atomic E-state index is 6.18. The van der Waals surface area contributed by atoms with Crippen LogP contribution in [-0.4, -0.2) is 70.5 Å². The van der Waals surface area contributed by atoms with Crippen LogP contribution in [-0.2, 0) is 11.3 Å². The summed E-state index contributed by atoms with van der Waals surface area (Å²) in [7, 11) is 5.04. The number of rotatable bonds is 7. The minimum Gasteiger partial charge on any atom is -0.493 e. The van der Waals surface area contributed by atoms with Gasteiger partial charge < -0.3 is 14.2 Å². The Kier molecular flexibility index (Phi) is 6.76. The van der Waals surface area contributed by atoms with E-state index in [9.17, 15) is 0 Å². The van der Waals surface area contributed by atoms with Crippen LogP contribution in [0.25, 0.3) is 0 Å². The number of ether oxygens (including phenoxy) is 3. The Morgan fingerprint density at radius 1 is 1.00 bits per heavy atom. The first-order valence-electron chi connectivity index (χ1n) is 7.52. The lowest BCUT2D eigenvalue weighted by atomic mass is 10.1. The number of halogens is 1. The standard InChI is InChI=1S/C16H25ClN2O3/c1-20-9-8-18-4-6-19(7-5-18)12-13-10-14(17)11-15(21-2)16(13)22-3/h10-11H,4-9,12H2,1-3H3. The van der Waals surface area contributed by atoms with Crippen LogP contribution in [0.15, 0.2) is 12.1 Å². The average Bonchev–Trinajstić information content (AvgIpc) is 2.53. The summed E-state index contributed by atoms with van der Waals surface area (Å²) in [4.78, 5) is 4.84. The number of methoxy groups -OCH3 is 3. The van der Waals surface area contributed by atoms with Crippen molar-refractivity contribution in [2.24, 2.45) is 0 Å². The summed E-state index contributed by atoms with van der Waals surface area (Å²) in [6.45, 7) is 6.78. The van der Waals surface area contributed by atoms with Crippen molar-refractivity contribution >= 4 is 11.6 Å². The van der Waals surface area contributed by atoms with E-state index in [-0.39, 0.29) is 0 Å². The van der Waals surface area contributed by atoms with Crippen molar-refractivity contribution in [1.82, 2.24) is 9.80 Å². The Morgan fingerprint density at radius 2 is 1.68 bits per heavy atom. The maximum Gasteiger partial charge on any atom is 0.165 e. The molecule has 1 saturated heterocycles. The van der Waals surface area contributed by atoms with Gasteiger partial charge in [-0.15, -0.1) is 0 Å². The second-order valence-electron chi connectivity index (χ2n) is 5.41. The summed E-state index contributed by atoms with van der Waals surface area (Å²) in [5.74, 6) is 1.46. The lowest BCUT2D eigenvalue weighted by Gasteiger charge is -2.34. The predicted octanol–water partition coefficient (Wildman–Crippen LogP) is 2.12. The predicted molar refractivity (Wildman–Crippen MR) is 88.1 cm³/mol. The molecule has 0 atom stereocenters. The molecular formula is C16H25ClN2O3. The van der Waals surface area contributed by atoms with Gasteiger partial charge in [0, 0.05) is 63.0 Å².